The van der Waals surface area contributed by atoms with Gasteiger partial charge in [-0.05, 0) is 17.3 Å². The Morgan fingerprint density at radius 2 is 2.45 bits per heavy atom. The molecule has 0 aromatic heterocycles. The Labute approximate surface area is 81.1 Å². The van der Waals surface area contributed by atoms with Crippen LogP contribution in [0.2, 0.25) is 0 Å². The fourth-order valence-electron chi connectivity index (χ4n) is 0.716. The molecule has 0 aliphatic rings. The van der Waals surface area contributed by atoms with Gasteiger partial charge >= 0.3 is 5.97 Å². The van der Waals surface area contributed by atoms with Crippen LogP contribution in [0.25, 0.3) is 0 Å². The second-order valence-electron chi connectivity index (χ2n) is 2.21. The maximum absolute atomic E-state index is 10.5. The molecule has 0 N–H and O–H groups in total. The summed E-state index contributed by atoms with van der Waals surface area (Å²) in [6.45, 7) is 5.00. The zero-order valence-corrected chi connectivity index (χ0v) is 8.84. The average Bonchev–Trinajstić information content (AvgIpc) is 1.97. The zero-order chi connectivity index (χ0) is 8.69. The fourth-order valence-corrected chi connectivity index (χ4v) is 1.16. The van der Waals surface area contributed by atoms with Gasteiger partial charge in [0.2, 0.25) is 0 Å². The van der Waals surface area contributed by atoms with E-state index in [1.807, 2.05) is 0 Å². The Morgan fingerprint density at radius 3 is 2.82 bits per heavy atom. The lowest BCUT2D eigenvalue weighted by Crippen LogP contribution is -2.13. The molecule has 0 spiro atoms. The van der Waals surface area contributed by atoms with E-state index in [2.05, 4.69) is 29.2 Å². The highest BCUT2D eigenvalue weighted by molar-refractivity contribution is 14.1. The van der Waals surface area contributed by atoms with E-state index < -0.39 is 0 Å². The molecule has 0 aromatic carbocycles. The van der Waals surface area contributed by atoms with Crippen LogP contribution < -0.4 is 0 Å². The Bertz CT molecular complexity index is 134. The number of alkyl halides is 1. The van der Waals surface area contributed by atoms with Crippen molar-refractivity contribution in [1.29, 1.82) is 0 Å². The lowest BCUT2D eigenvalue weighted by Gasteiger charge is -2.10. The van der Waals surface area contributed by atoms with Crippen molar-refractivity contribution in [1.82, 2.24) is 0 Å². The van der Waals surface area contributed by atoms with Crippen molar-refractivity contribution in [2.24, 2.45) is 0 Å². The molecule has 0 fully saturated rings. The first-order chi connectivity index (χ1) is 5.20. The molecule has 1 unspecified atom stereocenters. The van der Waals surface area contributed by atoms with Crippen LogP contribution in [0.1, 0.15) is 19.8 Å². The van der Waals surface area contributed by atoms with Crippen LogP contribution >= 0.6 is 22.6 Å². The van der Waals surface area contributed by atoms with Crippen LogP contribution in [-0.2, 0) is 9.53 Å². The minimum Gasteiger partial charge on any atom is -0.458 e. The van der Waals surface area contributed by atoms with Crippen molar-refractivity contribution in [3.8, 4) is 0 Å². The van der Waals surface area contributed by atoms with Gasteiger partial charge in [0.25, 0.3) is 0 Å². The monoisotopic (exact) mass is 268 g/mol. The molecule has 0 heterocycles. The second kappa shape index (κ2) is 6.64. The summed E-state index contributed by atoms with van der Waals surface area (Å²) in [5.74, 6) is -0.233. The summed E-state index contributed by atoms with van der Waals surface area (Å²) in [5, 5.41) is 0. The first-order valence-corrected chi connectivity index (χ1v) is 5.09. The van der Waals surface area contributed by atoms with Crippen LogP contribution in [0.15, 0.2) is 12.7 Å². The van der Waals surface area contributed by atoms with E-state index in [-0.39, 0.29) is 12.1 Å². The highest BCUT2D eigenvalue weighted by Crippen LogP contribution is 2.05. The first kappa shape index (κ1) is 10.9. The van der Waals surface area contributed by atoms with Gasteiger partial charge in [0.1, 0.15) is 6.10 Å². The summed E-state index contributed by atoms with van der Waals surface area (Å²) < 4.78 is 6.03. The van der Waals surface area contributed by atoms with E-state index in [0.29, 0.717) is 0 Å². The Morgan fingerprint density at radius 1 is 1.82 bits per heavy atom. The van der Waals surface area contributed by atoms with Crippen molar-refractivity contribution in [3.63, 3.8) is 0 Å². The lowest BCUT2D eigenvalue weighted by atomic mass is 10.2. The fraction of sp³-hybridized carbons (Fsp3) is 0.625. The maximum atomic E-state index is 10.5. The summed E-state index contributed by atoms with van der Waals surface area (Å²) in [5.41, 5.74) is 0. The molecular formula is C8H13IO2. The molecule has 0 rings (SSSR count). The van der Waals surface area contributed by atoms with E-state index in [4.69, 9.17) is 4.74 Å². The molecule has 0 radical (unpaired) electrons. The first-order valence-electron chi connectivity index (χ1n) is 3.56. The average molecular weight is 268 g/mol. The third-order valence-corrected chi connectivity index (χ3v) is 1.97. The topological polar surface area (TPSA) is 26.3 Å². The Hall–Kier alpha value is -0.0600. The van der Waals surface area contributed by atoms with Gasteiger partial charge in [-0.3, -0.25) is 4.79 Å². The van der Waals surface area contributed by atoms with Gasteiger partial charge in [-0.1, -0.05) is 35.2 Å². The minimum absolute atomic E-state index is 0.0951. The molecule has 0 saturated heterocycles. The number of carbonyl (C=O) groups excluding carboxylic acids is 1. The lowest BCUT2D eigenvalue weighted by molar-refractivity contribution is -0.144. The third kappa shape index (κ3) is 6.34. The molecule has 0 aliphatic carbocycles. The third-order valence-electron chi connectivity index (χ3n) is 1.20. The van der Waals surface area contributed by atoms with Crippen molar-refractivity contribution in [2.75, 3.05) is 4.43 Å². The molecule has 0 bridgehead atoms. The number of esters is 1. The molecular weight excluding hydrogens is 255 g/mol. The van der Waals surface area contributed by atoms with E-state index in [9.17, 15) is 4.79 Å². The summed E-state index contributed by atoms with van der Waals surface area (Å²) in [6.07, 6.45) is 3.52. The van der Waals surface area contributed by atoms with Gasteiger partial charge in [-0.25, -0.2) is 0 Å². The van der Waals surface area contributed by atoms with Crippen LogP contribution in [0, 0.1) is 0 Å². The zero-order valence-electron chi connectivity index (χ0n) is 6.68. The molecule has 0 aliphatic heterocycles. The largest absolute Gasteiger partial charge is 0.458 e. The van der Waals surface area contributed by atoms with E-state index >= 15 is 0 Å². The number of hydrogen-bond acceptors (Lipinski definition) is 2. The smallest absolute Gasteiger partial charge is 0.303 e. The van der Waals surface area contributed by atoms with Gasteiger partial charge in [0.15, 0.2) is 0 Å². The van der Waals surface area contributed by atoms with Crippen LogP contribution in [0.4, 0.5) is 0 Å². The van der Waals surface area contributed by atoms with Gasteiger partial charge in [-0.15, -0.1) is 0 Å². The predicted octanol–water partition coefficient (Wildman–Crippen LogP) is 2.32. The summed E-state index contributed by atoms with van der Waals surface area (Å²) in [6, 6.07) is 0. The number of hydrogen-bond donors (Lipinski definition) is 0. The summed E-state index contributed by atoms with van der Waals surface area (Å²) in [4.78, 5) is 10.5. The van der Waals surface area contributed by atoms with E-state index in [1.54, 1.807) is 6.08 Å². The van der Waals surface area contributed by atoms with Gasteiger partial charge in [0.05, 0.1) is 0 Å². The number of ether oxygens (including phenoxy) is 1. The summed E-state index contributed by atoms with van der Waals surface area (Å²) >= 11 is 2.30. The second-order valence-corrected chi connectivity index (χ2v) is 3.29. The molecule has 0 amide bonds. The number of halogens is 1. The highest BCUT2D eigenvalue weighted by Gasteiger charge is 2.05. The summed E-state index contributed by atoms with van der Waals surface area (Å²) in [7, 11) is 0. The van der Waals surface area contributed by atoms with Gasteiger partial charge in [-0.2, -0.15) is 0 Å². The maximum Gasteiger partial charge on any atom is 0.303 e. The van der Waals surface area contributed by atoms with Gasteiger partial charge < -0.3 is 4.74 Å². The van der Waals surface area contributed by atoms with Gasteiger partial charge in [0, 0.05) is 6.92 Å². The van der Waals surface area contributed by atoms with Crippen LogP contribution in [-0.4, -0.2) is 16.5 Å². The standard InChI is InChI=1S/C8H13IO2/c1-3-8(5-4-6-9)11-7(2)10/h3,8H,1,4-6H2,2H3. The van der Waals surface area contributed by atoms with E-state index in [0.717, 1.165) is 17.3 Å². The molecule has 1 atom stereocenters. The Kier molecular flexibility index (Phi) is 6.60. The Balaban J connectivity index is 3.57. The SMILES string of the molecule is C=CC(CCCI)OC(C)=O. The van der Waals surface area contributed by atoms with Crippen molar-refractivity contribution in [3.05, 3.63) is 12.7 Å². The van der Waals surface area contributed by atoms with Crippen molar-refractivity contribution >= 4 is 28.6 Å². The number of carbonyl (C=O) groups is 1. The molecule has 0 saturated carbocycles. The van der Waals surface area contributed by atoms with Crippen LogP contribution in [0.5, 0.6) is 0 Å². The molecule has 2 nitrogen and oxygen atoms in total. The minimum atomic E-state index is -0.233. The highest BCUT2D eigenvalue weighted by atomic mass is 127. The molecule has 11 heavy (non-hydrogen) atoms. The normalized spacial score (nSPS) is 12.2. The number of rotatable bonds is 5. The van der Waals surface area contributed by atoms with Crippen molar-refractivity contribution < 1.29 is 9.53 Å². The molecule has 64 valence electrons. The molecule has 3 heteroatoms. The van der Waals surface area contributed by atoms with E-state index in [1.165, 1.54) is 6.92 Å². The quantitative estimate of drug-likeness (QED) is 0.331. The van der Waals surface area contributed by atoms with Crippen LogP contribution in [0.3, 0.4) is 0 Å². The molecule has 0 aromatic rings. The predicted molar refractivity (Wildman–Crippen MR) is 53.9 cm³/mol. The van der Waals surface area contributed by atoms with Crippen molar-refractivity contribution in [2.45, 2.75) is 25.9 Å².